The Morgan fingerprint density at radius 1 is 1.27 bits per heavy atom. The number of hydrogen-bond donors (Lipinski definition) is 1. The molecule has 0 unspecified atom stereocenters. The van der Waals surface area contributed by atoms with Crippen molar-refractivity contribution in [1.29, 1.82) is 0 Å². The van der Waals surface area contributed by atoms with Crippen LogP contribution in [-0.4, -0.2) is 16.5 Å². The molecule has 15 heavy (non-hydrogen) atoms. The summed E-state index contributed by atoms with van der Waals surface area (Å²) in [5.41, 5.74) is 0.600. The van der Waals surface area contributed by atoms with Crippen LogP contribution in [0.5, 0.6) is 0 Å². The van der Waals surface area contributed by atoms with E-state index in [1.165, 1.54) is 0 Å². The van der Waals surface area contributed by atoms with Crippen LogP contribution in [0.4, 0.5) is 13.2 Å². The van der Waals surface area contributed by atoms with E-state index < -0.39 is 17.5 Å². The second-order valence-electron chi connectivity index (χ2n) is 3.44. The molecule has 1 aliphatic heterocycles. The lowest BCUT2D eigenvalue weighted by Gasteiger charge is -2.29. The molecule has 0 saturated heterocycles. The average Bonchev–Trinajstić information content (AvgIpc) is 2.16. The lowest BCUT2D eigenvalue weighted by atomic mass is 10.0. The molecule has 1 heterocycles. The van der Waals surface area contributed by atoms with Gasteiger partial charge in [-0.1, -0.05) is 18.2 Å². The number of rotatable bonds is 0. The number of alkyl halides is 3. The summed E-state index contributed by atoms with van der Waals surface area (Å²) >= 11 is 0.783. The quantitative estimate of drug-likeness (QED) is 0.744. The second kappa shape index (κ2) is 3.72. The molecule has 5 heteroatoms. The van der Waals surface area contributed by atoms with Gasteiger partial charge in [0.15, 0.2) is 0 Å². The number of aliphatic hydroxyl groups is 1. The van der Waals surface area contributed by atoms with Crippen molar-refractivity contribution in [2.24, 2.45) is 0 Å². The fourth-order valence-corrected chi connectivity index (χ4v) is 2.81. The zero-order valence-corrected chi connectivity index (χ0v) is 8.48. The highest BCUT2D eigenvalue weighted by atomic mass is 32.2. The second-order valence-corrected chi connectivity index (χ2v) is 4.68. The lowest BCUT2D eigenvalue weighted by Crippen LogP contribution is -2.30. The molecular formula is C10H9F3OS. The van der Waals surface area contributed by atoms with Crippen molar-refractivity contribution in [3.05, 3.63) is 29.8 Å². The first-order valence-corrected chi connectivity index (χ1v) is 5.37. The van der Waals surface area contributed by atoms with E-state index in [0.29, 0.717) is 10.5 Å². The van der Waals surface area contributed by atoms with Gasteiger partial charge in [0.25, 0.3) is 0 Å². The van der Waals surface area contributed by atoms with Gasteiger partial charge in [0.1, 0.15) is 5.25 Å². The van der Waals surface area contributed by atoms with Gasteiger partial charge in [0.2, 0.25) is 0 Å². The summed E-state index contributed by atoms with van der Waals surface area (Å²) < 4.78 is 37.4. The Hall–Kier alpha value is -0.680. The highest BCUT2D eigenvalue weighted by Crippen LogP contribution is 2.46. The molecule has 2 atom stereocenters. The number of thioether (sulfide) groups is 1. The van der Waals surface area contributed by atoms with Gasteiger partial charge in [-0.25, -0.2) is 0 Å². The third-order valence-electron chi connectivity index (χ3n) is 2.35. The van der Waals surface area contributed by atoms with Gasteiger partial charge in [-0.05, 0) is 18.1 Å². The monoisotopic (exact) mass is 234 g/mol. The van der Waals surface area contributed by atoms with Crippen molar-refractivity contribution < 1.29 is 18.3 Å². The molecule has 0 spiro atoms. The minimum atomic E-state index is -4.25. The molecule has 0 radical (unpaired) electrons. The molecule has 0 aromatic heterocycles. The van der Waals surface area contributed by atoms with Gasteiger partial charge >= 0.3 is 6.18 Å². The molecule has 0 fully saturated rings. The van der Waals surface area contributed by atoms with Crippen LogP contribution in [0.25, 0.3) is 0 Å². The standard InChI is InChI=1S/C10H9F3OS/c11-10(12,13)9-5-7(14)6-3-1-2-4-8(6)15-9/h1-4,7,9,14H,5H2/t7-,9-/m1/s1. The Morgan fingerprint density at radius 3 is 2.60 bits per heavy atom. The molecule has 0 saturated carbocycles. The van der Waals surface area contributed by atoms with Crippen LogP contribution < -0.4 is 0 Å². The Labute approximate surface area is 89.3 Å². The molecule has 1 aliphatic rings. The zero-order valence-electron chi connectivity index (χ0n) is 7.66. The Balaban J connectivity index is 2.30. The van der Waals surface area contributed by atoms with E-state index >= 15 is 0 Å². The first kappa shape index (κ1) is 10.8. The van der Waals surface area contributed by atoms with E-state index in [2.05, 4.69) is 0 Å². The molecule has 82 valence electrons. The average molecular weight is 234 g/mol. The van der Waals surface area contributed by atoms with E-state index in [1.807, 2.05) is 0 Å². The SMILES string of the molecule is O[C@@H]1C[C@H](C(F)(F)F)Sc2ccccc21. The molecule has 0 amide bonds. The van der Waals surface area contributed by atoms with Crippen molar-refractivity contribution >= 4 is 11.8 Å². The summed E-state index contributed by atoms with van der Waals surface area (Å²) in [5, 5.41) is 8.08. The maximum absolute atomic E-state index is 12.5. The largest absolute Gasteiger partial charge is 0.401 e. The Kier molecular flexibility index (Phi) is 2.68. The normalized spacial score (nSPS) is 26.1. The van der Waals surface area contributed by atoms with Crippen molar-refractivity contribution in [3.63, 3.8) is 0 Å². The van der Waals surface area contributed by atoms with Crippen molar-refractivity contribution in [1.82, 2.24) is 0 Å². The van der Waals surface area contributed by atoms with Crippen LogP contribution in [0.1, 0.15) is 18.1 Å². The van der Waals surface area contributed by atoms with Gasteiger partial charge in [-0.15, -0.1) is 11.8 Å². The van der Waals surface area contributed by atoms with Gasteiger partial charge in [0.05, 0.1) is 6.10 Å². The van der Waals surface area contributed by atoms with Crippen LogP contribution in [0.2, 0.25) is 0 Å². The van der Waals surface area contributed by atoms with E-state index in [4.69, 9.17) is 0 Å². The molecule has 1 aromatic carbocycles. The maximum atomic E-state index is 12.5. The number of fused-ring (bicyclic) bond motifs is 1. The Bertz CT molecular complexity index is 364. The first-order chi connectivity index (χ1) is 6.98. The molecule has 1 N–H and O–H groups in total. The molecule has 0 aliphatic carbocycles. The minimum absolute atomic E-state index is 0.259. The van der Waals surface area contributed by atoms with Crippen LogP contribution in [0, 0.1) is 0 Å². The lowest BCUT2D eigenvalue weighted by molar-refractivity contribution is -0.134. The zero-order chi connectivity index (χ0) is 11.1. The van der Waals surface area contributed by atoms with Crippen LogP contribution in [0.15, 0.2) is 29.2 Å². The van der Waals surface area contributed by atoms with Crippen molar-refractivity contribution in [2.75, 3.05) is 0 Å². The number of hydrogen-bond acceptors (Lipinski definition) is 2. The fraction of sp³-hybridized carbons (Fsp3) is 0.400. The van der Waals surface area contributed by atoms with Gasteiger partial charge in [0, 0.05) is 4.90 Å². The number of aliphatic hydroxyl groups excluding tert-OH is 1. The van der Waals surface area contributed by atoms with E-state index in [1.54, 1.807) is 24.3 Å². The third-order valence-corrected chi connectivity index (χ3v) is 3.72. The first-order valence-electron chi connectivity index (χ1n) is 4.49. The number of benzene rings is 1. The molecule has 0 bridgehead atoms. The fourth-order valence-electron chi connectivity index (χ4n) is 1.59. The van der Waals surface area contributed by atoms with Crippen molar-refractivity contribution in [3.8, 4) is 0 Å². The van der Waals surface area contributed by atoms with Gasteiger partial charge in [-0.3, -0.25) is 0 Å². The van der Waals surface area contributed by atoms with E-state index in [-0.39, 0.29) is 6.42 Å². The predicted octanol–water partition coefficient (Wildman–Crippen LogP) is 3.15. The van der Waals surface area contributed by atoms with Crippen LogP contribution in [0.3, 0.4) is 0 Å². The topological polar surface area (TPSA) is 20.2 Å². The smallest absolute Gasteiger partial charge is 0.388 e. The van der Waals surface area contributed by atoms with Crippen LogP contribution >= 0.6 is 11.8 Å². The summed E-state index contributed by atoms with van der Waals surface area (Å²) in [6.07, 6.45) is -5.52. The summed E-state index contributed by atoms with van der Waals surface area (Å²) in [6, 6.07) is 6.68. The highest BCUT2D eigenvalue weighted by molar-refractivity contribution is 8.00. The highest BCUT2D eigenvalue weighted by Gasteiger charge is 2.44. The van der Waals surface area contributed by atoms with E-state index in [0.717, 1.165) is 11.8 Å². The molecule has 1 aromatic rings. The molecular weight excluding hydrogens is 225 g/mol. The maximum Gasteiger partial charge on any atom is 0.401 e. The van der Waals surface area contributed by atoms with Gasteiger partial charge < -0.3 is 5.11 Å². The minimum Gasteiger partial charge on any atom is -0.388 e. The summed E-state index contributed by atoms with van der Waals surface area (Å²) in [4.78, 5) is 0.526. The number of halogens is 3. The van der Waals surface area contributed by atoms with Crippen LogP contribution in [-0.2, 0) is 0 Å². The Morgan fingerprint density at radius 2 is 1.93 bits per heavy atom. The van der Waals surface area contributed by atoms with Crippen molar-refractivity contribution in [2.45, 2.75) is 28.8 Å². The summed E-state index contributed by atoms with van der Waals surface area (Å²) in [6.45, 7) is 0. The summed E-state index contributed by atoms with van der Waals surface area (Å²) in [5.74, 6) is 0. The predicted molar refractivity (Wildman–Crippen MR) is 51.7 cm³/mol. The molecule has 1 nitrogen and oxygen atoms in total. The third kappa shape index (κ3) is 2.13. The molecule has 2 rings (SSSR count). The van der Waals surface area contributed by atoms with E-state index in [9.17, 15) is 18.3 Å². The van der Waals surface area contributed by atoms with Gasteiger partial charge in [-0.2, -0.15) is 13.2 Å². The summed E-state index contributed by atoms with van der Waals surface area (Å²) in [7, 11) is 0.